The lowest BCUT2D eigenvalue weighted by atomic mass is 9.75. The zero-order valence-electron chi connectivity index (χ0n) is 8.88. The van der Waals surface area contributed by atoms with E-state index < -0.39 is 11.0 Å². The van der Waals surface area contributed by atoms with Crippen molar-refractivity contribution in [2.45, 2.75) is 40.2 Å². The monoisotopic (exact) mass is 187 g/mol. The number of carbonyl (C=O) groups is 1. The third-order valence-electron chi connectivity index (χ3n) is 2.54. The lowest BCUT2D eigenvalue weighted by Crippen LogP contribution is -2.44. The number of esters is 1. The average Bonchev–Trinajstić information content (AvgIpc) is 2.04. The van der Waals surface area contributed by atoms with Gasteiger partial charge in [0.1, 0.15) is 5.54 Å². The molecule has 76 valence electrons. The van der Waals surface area contributed by atoms with Crippen molar-refractivity contribution in [3.8, 4) is 0 Å². The SMILES string of the molecule is CCOC(=O)C(C)(C)C(C)(C)N=O. The molecule has 0 N–H and O–H groups in total. The van der Waals surface area contributed by atoms with Crippen molar-refractivity contribution in [3.63, 3.8) is 0 Å². The predicted molar refractivity (Wildman–Crippen MR) is 50.3 cm³/mol. The molecule has 0 saturated heterocycles. The van der Waals surface area contributed by atoms with Gasteiger partial charge in [-0.25, -0.2) is 0 Å². The number of rotatable bonds is 4. The maximum absolute atomic E-state index is 11.4. The Labute approximate surface area is 78.6 Å². The lowest BCUT2D eigenvalue weighted by Gasteiger charge is -2.32. The van der Waals surface area contributed by atoms with Crippen LogP contribution in [-0.4, -0.2) is 18.1 Å². The molecule has 0 aromatic rings. The Kier molecular flexibility index (Phi) is 3.58. The number of nitroso groups, excluding NO2 is 1. The minimum atomic E-state index is -0.945. The molecule has 0 amide bonds. The summed E-state index contributed by atoms with van der Waals surface area (Å²) < 4.78 is 4.86. The van der Waals surface area contributed by atoms with Crippen LogP contribution in [0.15, 0.2) is 5.18 Å². The first kappa shape index (κ1) is 12.1. The van der Waals surface area contributed by atoms with Crippen LogP contribution in [0.1, 0.15) is 34.6 Å². The molecule has 0 aliphatic heterocycles. The highest BCUT2D eigenvalue weighted by Crippen LogP contribution is 2.34. The number of carbonyl (C=O) groups excluding carboxylic acids is 1. The molecule has 0 atom stereocenters. The van der Waals surface area contributed by atoms with Crippen molar-refractivity contribution in [2.75, 3.05) is 6.61 Å². The summed E-state index contributed by atoms with van der Waals surface area (Å²) in [4.78, 5) is 22.0. The Morgan fingerprint density at radius 2 is 1.77 bits per heavy atom. The number of ether oxygens (including phenoxy) is 1. The Bertz CT molecular complexity index is 209. The van der Waals surface area contributed by atoms with Gasteiger partial charge in [-0.05, 0) is 34.6 Å². The zero-order valence-corrected chi connectivity index (χ0v) is 8.88. The molecule has 0 heterocycles. The second-order valence-electron chi connectivity index (χ2n) is 4.00. The van der Waals surface area contributed by atoms with Gasteiger partial charge >= 0.3 is 5.97 Å². The van der Waals surface area contributed by atoms with Crippen LogP contribution in [-0.2, 0) is 9.53 Å². The van der Waals surface area contributed by atoms with Gasteiger partial charge < -0.3 is 4.74 Å². The van der Waals surface area contributed by atoms with Crippen LogP contribution in [0.25, 0.3) is 0 Å². The van der Waals surface area contributed by atoms with E-state index in [0.717, 1.165) is 0 Å². The van der Waals surface area contributed by atoms with Crippen molar-refractivity contribution < 1.29 is 9.53 Å². The number of nitrogens with zero attached hydrogens (tertiary/aromatic N) is 1. The summed E-state index contributed by atoms with van der Waals surface area (Å²) in [5.74, 6) is -0.389. The summed E-state index contributed by atoms with van der Waals surface area (Å²) in [6, 6.07) is 0. The molecule has 0 unspecified atom stereocenters. The molecule has 0 aromatic carbocycles. The fourth-order valence-corrected chi connectivity index (χ4v) is 0.675. The van der Waals surface area contributed by atoms with Gasteiger partial charge in [0, 0.05) is 0 Å². The van der Waals surface area contributed by atoms with Gasteiger partial charge in [0.15, 0.2) is 0 Å². The summed E-state index contributed by atoms with van der Waals surface area (Å²) in [5.41, 5.74) is -1.83. The van der Waals surface area contributed by atoms with E-state index in [9.17, 15) is 9.70 Å². The van der Waals surface area contributed by atoms with Gasteiger partial charge in [-0.2, -0.15) is 4.91 Å². The smallest absolute Gasteiger partial charge is 0.314 e. The van der Waals surface area contributed by atoms with Crippen molar-refractivity contribution in [2.24, 2.45) is 10.6 Å². The number of hydrogen-bond acceptors (Lipinski definition) is 4. The first-order chi connectivity index (χ1) is 5.79. The van der Waals surface area contributed by atoms with E-state index in [2.05, 4.69) is 5.18 Å². The molecule has 0 saturated carbocycles. The fourth-order valence-electron chi connectivity index (χ4n) is 0.675. The molecule has 0 aliphatic rings. The molecule has 4 heteroatoms. The summed E-state index contributed by atoms with van der Waals surface area (Å²) in [7, 11) is 0. The van der Waals surface area contributed by atoms with Gasteiger partial charge in [-0.1, -0.05) is 5.18 Å². The number of hydrogen-bond donors (Lipinski definition) is 0. The third-order valence-corrected chi connectivity index (χ3v) is 2.54. The van der Waals surface area contributed by atoms with E-state index in [4.69, 9.17) is 4.74 Å². The molecule has 0 spiro atoms. The Balaban J connectivity index is 4.74. The van der Waals surface area contributed by atoms with E-state index in [-0.39, 0.29) is 5.97 Å². The molecule has 0 bridgehead atoms. The fraction of sp³-hybridized carbons (Fsp3) is 0.889. The second-order valence-corrected chi connectivity index (χ2v) is 4.00. The van der Waals surface area contributed by atoms with E-state index in [1.54, 1.807) is 34.6 Å². The highest BCUT2D eigenvalue weighted by Gasteiger charge is 2.46. The molecule has 0 radical (unpaired) electrons. The second kappa shape index (κ2) is 3.85. The maximum Gasteiger partial charge on any atom is 0.314 e. The minimum Gasteiger partial charge on any atom is -0.466 e. The van der Waals surface area contributed by atoms with E-state index in [1.165, 1.54) is 0 Å². The normalized spacial score (nSPS) is 12.4. The topological polar surface area (TPSA) is 55.7 Å². The van der Waals surface area contributed by atoms with Gasteiger partial charge in [-0.3, -0.25) is 4.79 Å². The van der Waals surface area contributed by atoms with Crippen molar-refractivity contribution in [1.82, 2.24) is 0 Å². The van der Waals surface area contributed by atoms with Crippen LogP contribution in [0.3, 0.4) is 0 Å². The summed E-state index contributed by atoms with van der Waals surface area (Å²) >= 11 is 0. The molecular formula is C9H17NO3. The van der Waals surface area contributed by atoms with Crippen LogP contribution in [0, 0.1) is 10.3 Å². The molecular weight excluding hydrogens is 170 g/mol. The average molecular weight is 187 g/mol. The first-order valence-electron chi connectivity index (χ1n) is 4.31. The van der Waals surface area contributed by atoms with Gasteiger partial charge in [-0.15, -0.1) is 0 Å². The first-order valence-corrected chi connectivity index (χ1v) is 4.31. The Morgan fingerprint density at radius 1 is 1.31 bits per heavy atom. The van der Waals surface area contributed by atoms with E-state index >= 15 is 0 Å². The van der Waals surface area contributed by atoms with Crippen molar-refractivity contribution in [1.29, 1.82) is 0 Å². The molecule has 4 nitrogen and oxygen atoms in total. The van der Waals surface area contributed by atoms with Crippen LogP contribution in [0.2, 0.25) is 0 Å². The van der Waals surface area contributed by atoms with Crippen LogP contribution < -0.4 is 0 Å². The van der Waals surface area contributed by atoms with Gasteiger partial charge in [0.25, 0.3) is 0 Å². The Morgan fingerprint density at radius 3 is 2.08 bits per heavy atom. The maximum atomic E-state index is 11.4. The van der Waals surface area contributed by atoms with E-state index in [0.29, 0.717) is 6.61 Å². The molecule has 0 rings (SSSR count). The summed E-state index contributed by atoms with van der Waals surface area (Å²) in [6.07, 6.45) is 0. The van der Waals surface area contributed by atoms with Crippen LogP contribution in [0.4, 0.5) is 0 Å². The summed E-state index contributed by atoms with van der Waals surface area (Å²) in [5, 5.41) is 2.94. The quantitative estimate of drug-likeness (QED) is 0.500. The van der Waals surface area contributed by atoms with Crippen molar-refractivity contribution in [3.05, 3.63) is 4.91 Å². The highest BCUT2D eigenvalue weighted by atomic mass is 16.5. The highest BCUT2D eigenvalue weighted by molar-refractivity contribution is 5.77. The third kappa shape index (κ3) is 2.26. The zero-order chi connectivity index (χ0) is 10.7. The lowest BCUT2D eigenvalue weighted by molar-refractivity contribution is -0.156. The predicted octanol–water partition coefficient (Wildman–Crippen LogP) is 2.12. The standard InChI is InChI=1S/C9H17NO3/c1-6-13-7(11)8(2,3)9(4,5)10-12/h6H2,1-5H3. The molecule has 0 aromatic heterocycles. The van der Waals surface area contributed by atoms with Crippen LogP contribution >= 0.6 is 0 Å². The minimum absolute atomic E-state index is 0.317. The van der Waals surface area contributed by atoms with Gasteiger partial charge in [0.2, 0.25) is 0 Å². The molecule has 0 fully saturated rings. The van der Waals surface area contributed by atoms with E-state index in [1.807, 2.05) is 0 Å². The largest absolute Gasteiger partial charge is 0.466 e. The Hall–Kier alpha value is -0.930. The van der Waals surface area contributed by atoms with Crippen molar-refractivity contribution >= 4 is 5.97 Å². The van der Waals surface area contributed by atoms with Gasteiger partial charge in [0.05, 0.1) is 12.0 Å². The van der Waals surface area contributed by atoms with Crippen LogP contribution in [0.5, 0.6) is 0 Å². The molecule has 0 aliphatic carbocycles. The summed E-state index contributed by atoms with van der Waals surface area (Å²) in [6.45, 7) is 8.61. The molecule has 13 heavy (non-hydrogen) atoms.